The van der Waals surface area contributed by atoms with E-state index in [9.17, 15) is 0 Å². The zero-order valence-corrected chi connectivity index (χ0v) is 29.7. The summed E-state index contributed by atoms with van der Waals surface area (Å²) in [6.45, 7) is 1.79. The highest BCUT2D eigenvalue weighted by atomic mass is 79.9. The van der Waals surface area contributed by atoms with Crippen molar-refractivity contribution in [3.05, 3.63) is 44.7 Å². The fourth-order valence-corrected chi connectivity index (χ4v) is 8.35. The maximum absolute atomic E-state index is 6.19. The van der Waals surface area contributed by atoms with Crippen molar-refractivity contribution in [1.82, 2.24) is 0 Å². The van der Waals surface area contributed by atoms with Gasteiger partial charge in [0.15, 0.2) is 11.5 Å². The highest BCUT2D eigenvalue weighted by Crippen LogP contribution is 2.51. The molecular weight excluding hydrogens is 1030 g/mol. The van der Waals surface area contributed by atoms with Gasteiger partial charge in [0.1, 0.15) is 4.65 Å². The summed E-state index contributed by atoms with van der Waals surface area (Å²) in [6.07, 6.45) is 0. The maximum atomic E-state index is 6.19. The molecule has 0 spiro atoms. The van der Waals surface area contributed by atoms with Gasteiger partial charge in [0.05, 0.1) is 35.8 Å². The maximum Gasteiger partial charge on any atom is 0.272 e. The lowest BCUT2D eigenvalue weighted by molar-refractivity contribution is -0.0241. The normalized spacial score (nSPS) is 11.7. The first-order valence-electron chi connectivity index (χ1n) is 6.49. The van der Waals surface area contributed by atoms with Crippen molar-refractivity contribution >= 4 is 176 Å². The Kier molecular flexibility index (Phi) is 10.4. The van der Waals surface area contributed by atoms with Gasteiger partial charge in [-0.15, -0.1) is 0 Å². The number of hydrogen-bond donors (Lipinski definition) is 0. The van der Waals surface area contributed by atoms with E-state index in [1.54, 1.807) is 6.92 Å². The molecular formula is C14H3AlBr10O2. The first kappa shape index (κ1) is 26.6. The van der Waals surface area contributed by atoms with E-state index in [-0.39, 0.29) is 0 Å². The van der Waals surface area contributed by atoms with Crippen LogP contribution < -0.4 is 9.47 Å². The number of ether oxygens (including phenoxy) is 2. The van der Waals surface area contributed by atoms with Crippen molar-refractivity contribution in [2.45, 2.75) is 11.6 Å². The Morgan fingerprint density at radius 2 is 0.667 bits per heavy atom. The average Bonchev–Trinajstić information content (AvgIpc) is 2.62. The van der Waals surface area contributed by atoms with Crippen molar-refractivity contribution in [2.24, 2.45) is 0 Å². The molecule has 0 saturated heterocycles. The van der Waals surface area contributed by atoms with Crippen molar-refractivity contribution in [3.63, 3.8) is 0 Å². The lowest BCUT2D eigenvalue weighted by atomic mass is 10.3. The van der Waals surface area contributed by atoms with Gasteiger partial charge in [-0.3, -0.25) is 0 Å². The quantitative estimate of drug-likeness (QED) is 0.132. The van der Waals surface area contributed by atoms with Crippen molar-refractivity contribution < 1.29 is 9.47 Å². The Morgan fingerprint density at radius 3 is 0.889 bits per heavy atom. The molecule has 0 aliphatic rings. The van der Waals surface area contributed by atoms with Gasteiger partial charge in [0.2, 0.25) is 0 Å². The third-order valence-electron chi connectivity index (χ3n) is 2.95. The molecule has 0 aliphatic heterocycles. The summed E-state index contributed by atoms with van der Waals surface area (Å²) in [6, 6.07) is 0. The zero-order valence-electron chi connectivity index (χ0n) is 12.7. The van der Waals surface area contributed by atoms with Gasteiger partial charge < -0.3 is 9.47 Å². The molecule has 0 bridgehead atoms. The SMILES string of the molecule is C[C]([Al])(Oc1c(Br)c(Br)c(Br)c(Br)c1Br)Oc1c(Br)c(Br)c(Br)c(Br)c1Br. The summed E-state index contributed by atoms with van der Waals surface area (Å²) in [5.74, 6) is 1.13. The molecule has 0 aliphatic carbocycles. The average molecular weight is 1030 g/mol. The van der Waals surface area contributed by atoms with Crippen LogP contribution in [0.2, 0.25) is 0 Å². The standard InChI is InChI=1S/C14H3Br10O2.Al/c1-2(25-13-9(21)5(17)3(15)6(18)10(13)22)26-14-11(23)7(19)4(16)8(20)12(14)24;/h1H3;. The van der Waals surface area contributed by atoms with Crippen molar-refractivity contribution in [3.8, 4) is 11.5 Å². The van der Waals surface area contributed by atoms with Crippen LogP contribution in [-0.2, 0) is 0 Å². The first-order valence-corrected chi connectivity index (χ1v) is 15.0. The monoisotopic (exact) mass is 1020 g/mol. The molecule has 2 rings (SSSR count). The molecule has 0 amide bonds. The molecule has 2 aromatic carbocycles. The lowest BCUT2D eigenvalue weighted by Crippen LogP contribution is -2.40. The summed E-state index contributed by atoms with van der Waals surface area (Å²) in [4.78, 5) is 0. The largest absolute Gasteiger partial charge is 0.469 e. The lowest BCUT2D eigenvalue weighted by Gasteiger charge is -2.32. The van der Waals surface area contributed by atoms with Gasteiger partial charge in [-0.25, -0.2) is 0 Å². The molecule has 2 radical (unpaired) electrons. The molecule has 2 nitrogen and oxygen atoms in total. The summed E-state index contributed by atoms with van der Waals surface area (Å²) in [5.41, 5.74) is 0. The fraction of sp³-hybridized carbons (Fsp3) is 0.143. The zero-order chi connectivity index (χ0) is 20.8. The van der Waals surface area contributed by atoms with E-state index in [4.69, 9.17) is 9.47 Å². The number of benzene rings is 2. The van der Waals surface area contributed by atoms with Gasteiger partial charge in [0, 0.05) is 8.95 Å². The molecule has 13 heteroatoms. The Bertz CT molecular complexity index is 800. The van der Waals surface area contributed by atoms with E-state index in [2.05, 4.69) is 176 Å². The van der Waals surface area contributed by atoms with Gasteiger partial charge in [-0.1, -0.05) is 0 Å². The molecule has 0 fully saturated rings. The molecule has 0 atom stereocenters. The van der Waals surface area contributed by atoms with E-state index < -0.39 is 4.65 Å². The van der Waals surface area contributed by atoms with E-state index in [0.29, 0.717) is 11.5 Å². The molecule has 0 saturated carbocycles. The summed E-state index contributed by atoms with van der Waals surface area (Å²) in [7, 11) is 0. The van der Waals surface area contributed by atoms with Crippen LogP contribution >= 0.6 is 159 Å². The fourth-order valence-electron chi connectivity index (χ4n) is 1.77. The smallest absolute Gasteiger partial charge is 0.272 e. The topological polar surface area (TPSA) is 18.5 Å². The predicted octanol–water partition coefficient (Wildman–Crippen LogP) is 10.6. The van der Waals surface area contributed by atoms with Gasteiger partial charge in [-0.05, 0) is 166 Å². The van der Waals surface area contributed by atoms with Crippen LogP contribution in [0.15, 0.2) is 44.7 Å². The minimum Gasteiger partial charge on any atom is -0.469 e. The van der Waals surface area contributed by atoms with E-state index in [1.807, 2.05) is 0 Å². The van der Waals surface area contributed by atoms with Crippen LogP contribution in [-0.4, -0.2) is 20.9 Å². The van der Waals surface area contributed by atoms with Crippen molar-refractivity contribution in [2.75, 3.05) is 0 Å². The predicted molar refractivity (Wildman–Crippen MR) is 145 cm³/mol. The number of halogens is 10. The Hall–Kier alpha value is 3.37. The van der Waals surface area contributed by atoms with Gasteiger partial charge >= 0.3 is 0 Å². The molecule has 0 heterocycles. The number of hydrogen-bond acceptors (Lipinski definition) is 2. The second-order valence-electron chi connectivity index (χ2n) is 5.02. The molecule has 144 valence electrons. The van der Waals surface area contributed by atoms with E-state index in [0.717, 1.165) is 44.7 Å². The number of rotatable bonds is 4. The minimum absolute atomic E-state index is 0.567. The van der Waals surface area contributed by atoms with E-state index >= 15 is 0 Å². The van der Waals surface area contributed by atoms with Gasteiger partial charge in [0.25, 0.3) is 16.3 Å². The Labute approximate surface area is 248 Å². The van der Waals surface area contributed by atoms with Crippen LogP contribution in [0.1, 0.15) is 6.92 Å². The van der Waals surface area contributed by atoms with E-state index in [1.165, 1.54) is 0 Å². The second kappa shape index (κ2) is 10.5. The van der Waals surface area contributed by atoms with Crippen LogP contribution in [0.3, 0.4) is 0 Å². The van der Waals surface area contributed by atoms with Crippen LogP contribution in [0.5, 0.6) is 11.5 Å². The summed E-state index contributed by atoms with van der Waals surface area (Å²) < 4.78 is 19.2. The molecule has 2 aromatic rings. The first-order chi connectivity index (χ1) is 12.3. The molecule has 27 heavy (non-hydrogen) atoms. The Morgan fingerprint density at radius 1 is 0.481 bits per heavy atom. The second-order valence-corrected chi connectivity index (χ2v) is 14.0. The summed E-state index contributed by atoms with van der Waals surface area (Å²) >= 11 is 38.0. The highest BCUT2D eigenvalue weighted by Gasteiger charge is 2.29. The third-order valence-corrected chi connectivity index (χ3v) is 15.2. The Balaban J connectivity index is 2.49. The van der Waals surface area contributed by atoms with Crippen molar-refractivity contribution in [1.29, 1.82) is 0 Å². The molecule has 0 aromatic heterocycles. The summed E-state index contributed by atoms with van der Waals surface area (Å²) in [5, 5.41) is 0. The minimum atomic E-state index is -1.09. The van der Waals surface area contributed by atoms with Gasteiger partial charge in [-0.2, -0.15) is 0 Å². The van der Waals surface area contributed by atoms with Crippen LogP contribution in [0.4, 0.5) is 0 Å². The molecule has 0 unspecified atom stereocenters. The van der Waals surface area contributed by atoms with Crippen LogP contribution in [0, 0.1) is 0 Å². The third kappa shape index (κ3) is 5.84. The van der Waals surface area contributed by atoms with Crippen LogP contribution in [0.25, 0.3) is 0 Å². The highest BCUT2D eigenvalue weighted by molar-refractivity contribution is 9.16. The molecule has 0 N–H and O–H groups in total.